The molecule has 1 aromatic heterocycles. The van der Waals surface area contributed by atoms with Crippen LogP contribution >= 0.6 is 0 Å². The molecule has 0 aromatic carbocycles. The number of hydrogen-bond donors (Lipinski definition) is 2. The van der Waals surface area contributed by atoms with Gasteiger partial charge in [-0.2, -0.15) is 0 Å². The monoisotopic (exact) mass is 250 g/mol. The molecule has 2 N–H and O–H groups in total. The largest absolute Gasteiger partial charge is 0.390 e. The second-order valence-corrected chi connectivity index (χ2v) is 5.27. The zero-order valence-corrected chi connectivity index (χ0v) is 11.2. The summed E-state index contributed by atoms with van der Waals surface area (Å²) in [5, 5.41) is 13.0. The molecule has 5 nitrogen and oxygen atoms in total. The van der Waals surface area contributed by atoms with Crippen molar-refractivity contribution in [3.8, 4) is 0 Å². The van der Waals surface area contributed by atoms with E-state index in [1.165, 1.54) is 0 Å². The van der Waals surface area contributed by atoms with Gasteiger partial charge in [-0.1, -0.05) is 0 Å². The molecule has 2 heterocycles. The van der Waals surface area contributed by atoms with Crippen LogP contribution < -0.4 is 5.32 Å². The fourth-order valence-electron chi connectivity index (χ4n) is 2.27. The van der Waals surface area contributed by atoms with E-state index in [-0.39, 0.29) is 0 Å². The van der Waals surface area contributed by atoms with Gasteiger partial charge in [0.2, 0.25) is 0 Å². The number of anilines is 1. The van der Waals surface area contributed by atoms with Gasteiger partial charge < -0.3 is 10.4 Å². The normalized spacial score (nSPS) is 25.7. The third-order valence-corrected chi connectivity index (χ3v) is 3.50. The lowest BCUT2D eigenvalue weighted by Crippen LogP contribution is -2.28. The molecule has 0 saturated carbocycles. The Morgan fingerprint density at radius 3 is 2.83 bits per heavy atom. The molecule has 1 saturated heterocycles. The third kappa shape index (κ3) is 3.65. The summed E-state index contributed by atoms with van der Waals surface area (Å²) in [5.74, 6) is 0.789. The molecule has 1 fully saturated rings. The molecule has 0 spiro atoms. The van der Waals surface area contributed by atoms with Crippen LogP contribution in [0.3, 0.4) is 0 Å². The lowest BCUT2D eigenvalue weighted by Gasteiger charge is -2.22. The second-order valence-electron chi connectivity index (χ2n) is 5.27. The molecule has 0 bridgehead atoms. The Morgan fingerprint density at radius 1 is 1.33 bits per heavy atom. The van der Waals surface area contributed by atoms with Gasteiger partial charge in [0.15, 0.2) is 0 Å². The van der Waals surface area contributed by atoms with Crippen LogP contribution in [0.1, 0.15) is 31.9 Å². The van der Waals surface area contributed by atoms with Gasteiger partial charge in [0, 0.05) is 20.1 Å². The highest BCUT2D eigenvalue weighted by Crippen LogP contribution is 2.22. The smallest absolute Gasteiger partial charge is 0.144 e. The van der Waals surface area contributed by atoms with Crippen LogP contribution in [-0.4, -0.2) is 45.7 Å². The van der Waals surface area contributed by atoms with Crippen LogP contribution in [0.4, 0.5) is 5.82 Å². The van der Waals surface area contributed by atoms with Crippen molar-refractivity contribution < 1.29 is 5.11 Å². The van der Waals surface area contributed by atoms with E-state index >= 15 is 0 Å². The average Bonchev–Trinajstić information content (AvgIpc) is 2.52. The predicted octanol–water partition coefficient (Wildman–Crippen LogP) is 1.26. The first-order valence-corrected chi connectivity index (χ1v) is 6.52. The van der Waals surface area contributed by atoms with Crippen molar-refractivity contribution in [1.82, 2.24) is 14.9 Å². The second kappa shape index (κ2) is 5.63. The average molecular weight is 250 g/mol. The van der Waals surface area contributed by atoms with E-state index in [2.05, 4.69) is 20.2 Å². The van der Waals surface area contributed by atoms with E-state index in [0.29, 0.717) is 0 Å². The van der Waals surface area contributed by atoms with E-state index in [9.17, 15) is 5.11 Å². The maximum atomic E-state index is 10.0. The van der Waals surface area contributed by atoms with Crippen LogP contribution in [-0.2, 0) is 6.54 Å². The van der Waals surface area contributed by atoms with Gasteiger partial charge >= 0.3 is 0 Å². The molecule has 0 amide bonds. The first kappa shape index (κ1) is 13.2. The molecule has 1 aliphatic rings. The van der Waals surface area contributed by atoms with Crippen molar-refractivity contribution >= 4 is 5.82 Å². The van der Waals surface area contributed by atoms with Crippen molar-refractivity contribution in [3.63, 3.8) is 0 Å². The maximum absolute atomic E-state index is 10.0. The topological polar surface area (TPSA) is 61.3 Å². The van der Waals surface area contributed by atoms with Crippen molar-refractivity contribution in [2.45, 2.75) is 38.3 Å². The first-order valence-electron chi connectivity index (χ1n) is 6.52. The third-order valence-electron chi connectivity index (χ3n) is 3.50. The van der Waals surface area contributed by atoms with Crippen molar-refractivity contribution in [3.05, 3.63) is 18.1 Å². The molecule has 1 atom stereocenters. The zero-order valence-electron chi connectivity index (χ0n) is 11.2. The molecule has 18 heavy (non-hydrogen) atoms. The molecule has 2 rings (SSSR count). The number of likely N-dealkylation sites (tertiary alicyclic amines) is 1. The molecule has 1 unspecified atom stereocenters. The van der Waals surface area contributed by atoms with Crippen LogP contribution in [0, 0.1) is 0 Å². The molecular formula is C13H22N4O. The number of aromatic nitrogens is 2. The highest BCUT2D eigenvalue weighted by molar-refractivity contribution is 5.29. The fourth-order valence-corrected chi connectivity index (χ4v) is 2.27. The Morgan fingerprint density at radius 2 is 2.17 bits per heavy atom. The van der Waals surface area contributed by atoms with E-state index in [4.69, 9.17) is 0 Å². The lowest BCUT2D eigenvalue weighted by atomic mass is 9.98. The van der Waals surface area contributed by atoms with Crippen LogP contribution in [0.15, 0.2) is 12.4 Å². The summed E-state index contributed by atoms with van der Waals surface area (Å²) in [4.78, 5) is 11.0. The minimum absolute atomic E-state index is 0.504. The molecule has 0 aliphatic carbocycles. The molecule has 1 aromatic rings. The molecular weight excluding hydrogens is 228 g/mol. The molecule has 0 radical (unpaired) electrons. The Hall–Kier alpha value is -1.20. The van der Waals surface area contributed by atoms with Crippen molar-refractivity contribution in [2.24, 2.45) is 0 Å². The Labute approximate surface area is 108 Å². The predicted molar refractivity (Wildman–Crippen MR) is 71.3 cm³/mol. The minimum atomic E-state index is -0.504. The molecule has 100 valence electrons. The van der Waals surface area contributed by atoms with Gasteiger partial charge in [-0.15, -0.1) is 0 Å². The standard InChI is InChI=1S/C13H22N4O/c1-13(18)4-3-6-17(7-5-13)10-11-8-16-12(14-2)9-15-11/h8-9,18H,3-7,10H2,1-2H3,(H,14,16). The van der Waals surface area contributed by atoms with Gasteiger partial charge in [0.25, 0.3) is 0 Å². The maximum Gasteiger partial charge on any atom is 0.144 e. The summed E-state index contributed by atoms with van der Waals surface area (Å²) in [7, 11) is 1.83. The lowest BCUT2D eigenvalue weighted by molar-refractivity contribution is 0.0444. The highest BCUT2D eigenvalue weighted by Gasteiger charge is 2.24. The highest BCUT2D eigenvalue weighted by atomic mass is 16.3. The minimum Gasteiger partial charge on any atom is -0.390 e. The quantitative estimate of drug-likeness (QED) is 0.845. The summed E-state index contributed by atoms with van der Waals surface area (Å²) in [6, 6.07) is 0. The SMILES string of the molecule is CNc1cnc(CN2CCCC(C)(O)CC2)cn1. The van der Waals surface area contributed by atoms with E-state index in [1.54, 1.807) is 6.20 Å². The Bertz CT molecular complexity index is 377. The van der Waals surface area contributed by atoms with Gasteiger partial charge in [-0.25, -0.2) is 4.98 Å². The number of nitrogens with one attached hydrogen (secondary N) is 1. The molecule has 1 aliphatic heterocycles. The van der Waals surface area contributed by atoms with Crippen LogP contribution in [0.2, 0.25) is 0 Å². The number of nitrogens with zero attached hydrogens (tertiary/aromatic N) is 3. The first-order chi connectivity index (χ1) is 8.59. The molecule has 5 heteroatoms. The van der Waals surface area contributed by atoms with Crippen LogP contribution in [0.25, 0.3) is 0 Å². The fraction of sp³-hybridized carbons (Fsp3) is 0.692. The Kier molecular flexibility index (Phi) is 4.14. The summed E-state index contributed by atoms with van der Waals surface area (Å²) in [5.41, 5.74) is 0.478. The number of aliphatic hydroxyl groups is 1. The van der Waals surface area contributed by atoms with Gasteiger partial charge in [-0.05, 0) is 32.7 Å². The number of rotatable bonds is 3. The van der Waals surface area contributed by atoms with Crippen LogP contribution in [0.5, 0.6) is 0 Å². The van der Waals surface area contributed by atoms with Gasteiger partial charge in [0.05, 0.1) is 23.7 Å². The van der Waals surface area contributed by atoms with Gasteiger partial charge in [-0.3, -0.25) is 9.88 Å². The van der Waals surface area contributed by atoms with E-state index in [0.717, 1.165) is 50.4 Å². The zero-order chi connectivity index (χ0) is 13.0. The van der Waals surface area contributed by atoms with E-state index in [1.807, 2.05) is 20.2 Å². The summed E-state index contributed by atoms with van der Waals surface area (Å²) in [6.45, 7) is 4.68. The van der Waals surface area contributed by atoms with Gasteiger partial charge in [0.1, 0.15) is 5.82 Å². The summed E-state index contributed by atoms with van der Waals surface area (Å²) in [6.07, 6.45) is 6.32. The summed E-state index contributed by atoms with van der Waals surface area (Å²) < 4.78 is 0. The van der Waals surface area contributed by atoms with E-state index < -0.39 is 5.60 Å². The summed E-state index contributed by atoms with van der Waals surface area (Å²) >= 11 is 0. The van der Waals surface area contributed by atoms with Crippen molar-refractivity contribution in [1.29, 1.82) is 0 Å². The number of hydrogen-bond acceptors (Lipinski definition) is 5. The van der Waals surface area contributed by atoms with Crippen molar-refractivity contribution in [2.75, 3.05) is 25.5 Å². The Balaban J connectivity index is 1.92.